The molecule has 0 rings (SSSR count). The molecule has 0 saturated heterocycles. The van der Waals surface area contributed by atoms with E-state index in [0.717, 1.165) is 17.8 Å². The number of hydrogen-bond donors (Lipinski definition) is 0. The molecule has 0 aromatic rings. The van der Waals surface area contributed by atoms with Crippen LogP contribution in [0.15, 0.2) is 0 Å². The van der Waals surface area contributed by atoms with Gasteiger partial charge in [-0.05, 0) is 23.7 Å². The first-order chi connectivity index (χ1) is 9.95. The molecule has 0 aliphatic heterocycles. The zero-order valence-electron chi connectivity index (χ0n) is 15.3. The van der Waals surface area contributed by atoms with Gasteiger partial charge >= 0.3 is 0 Å². The minimum atomic E-state index is 0.524. The van der Waals surface area contributed by atoms with Crippen molar-refractivity contribution in [1.82, 2.24) is 0 Å². The molecule has 1 radical (unpaired) electrons. The molecule has 0 aromatic carbocycles. The molecule has 3 unspecified atom stereocenters. The zero-order valence-corrected chi connectivity index (χ0v) is 15.3. The highest BCUT2D eigenvalue weighted by Crippen LogP contribution is 2.22. The van der Waals surface area contributed by atoms with Crippen molar-refractivity contribution in [2.45, 2.75) is 98.8 Å². The molecule has 0 N–H and O–H groups in total. The molecule has 0 bridgehead atoms. The highest BCUT2D eigenvalue weighted by atomic mass is 16.1. The molecule has 0 amide bonds. The fraction of sp³-hybridized carbons (Fsp3) is 0.950. The van der Waals surface area contributed by atoms with E-state index in [9.17, 15) is 4.79 Å². The van der Waals surface area contributed by atoms with E-state index in [1.165, 1.54) is 57.8 Å². The van der Waals surface area contributed by atoms with Crippen molar-refractivity contribution in [3.63, 3.8) is 0 Å². The van der Waals surface area contributed by atoms with Crippen molar-refractivity contribution in [3.05, 3.63) is 0 Å². The average molecular weight is 296 g/mol. The molecule has 0 heterocycles. The van der Waals surface area contributed by atoms with Gasteiger partial charge in [-0.25, -0.2) is 0 Å². The lowest BCUT2D eigenvalue weighted by Gasteiger charge is -2.15. The lowest BCUT2D eigenvalue weighted by atomic mass is 9.91. The Morgan fingerprint density at radius 1 is 0.619 bits per heavy atom. The molecule has 3 atom stereocenters. The average Bonchev–Trinajstić information content (AvgIpc) is 2.38. The van der Waals surface area contributed by atoms with Crippen LogP contribution in [0.2, 0.25) is 0 Å². The van der Waals surface area contributed by atoms with E-state index in [-0.39, 0.29) is 0 Å². The summed E-state index contributed by atoms with van der Waals surface area (Å²) in [7, 11) is 0. The summed E-state index contributed by atoms with van der Waals surface area (Å²) in [5.41, 5.74) is 0. The van der Waals surface area contributed by atoms with Gasteiger partial charge in [-0.1, -0.05) is 92.4 Å². The van der Waals surface area contributed by atoms with Gasteiger partial charge < -0.3 is 0 Å². The SMILES string of the molecule is CC(C)CCCC(C)CCCC(C)CCCC(C)C[C]=O. The highest BCUT2D eigenvalue weighted by molar-refractivity contribution is 5.50. The Morgan fingerprint density at radius 3 is 1.38 bits per heavy atom. The Morgan fingerprint density at radius 2 is 1.00 bits per heavy atom. The van der Waals surface area contributed by atoms with Crippen molar-refractivity contribution < 1.29 is 4.79 Å². The van der Waals surface area contributed by atoms with E-state index in [4.69, 9.17) is 0 Å². The van der Waals surface area contributed by atoms with E-state index in [2.05, 4.69) is 34.6 Å². The third kappa shape index (κ3) is 14.4. The van der Waals surface area contributed by atoms with Crippen LogP contribution < -0.4 is 0 Å². The van der Waals surface area contributed by atoms with Gasteiger partial charge in [0.15, 0.2) is 6.29 Å². The molecule has 0 aliphatic carbocycles. The van der Waals surface area contributed by atoms with E-state index < -0.39 is 0 Å². The van der Waals surface area contributed by atoms with Crippen molar-refractivity contribution in [2.24, 2.45) is 23.7 Å². The Bertz CT molecular complexity index is 234. The summed E-state index contributed by atoms with van der Waals surface area (Å²) in [6.07, 6.45) is 14.8. The Balaban J connectivity index is 3.47. The Kier molecular flexibility index (Phi) is 13.1. The minimum absolute atomic E-state index is 0.524. The maximum atomic E-state index is 10.3. The quantitative estimate of drug-likeness (QED) is 0.354. The van der Waals surface area contributed by atoms with E-state index in [1.54, 1.807) is 0 Å². The van der Waals surface area contributed by atoms with Crippen molar-refractivity contribution in [3.8, 4) is 0 Å². The second-order valence-electron chi connectivity index (χ2n) is 7.85. The van der Waals surface area contributed by atoms with Crippen LogP contribution in [-0.4, -0.2) is 6.29 Å². The van der Waals surface area contributed by atoms with Crippen LogP contribution >= 0.6 is 0 Å². The second kappa shape index (κ2) is 13.3. The summed E-state index contributed by atoms with van der Waals surface area (Å²) in [4.78, 5) is 10.3. The summed E-state index contributed by atoms with van der Waals surface area (Å²) >= 11 is 0. The second-order valence-corrected chi connectivity index (χ2v) is 7.85. The minimum Gasteiger partial charge on any atom is -0.291 e. The first-order valence-corrected chi connectivity index (χ1v) is 9.30. The maximum absolute atomic E-state index is 10.3. The Labute approximate surface area is 134 Å². The highest BCUT2D eigenvalue weighted by Gasteiger charge is 2.07. The molecule has 1 nitrogen and oxygen atoms in total. The van der Waals surface area contributed by atoms with Crippen LogP contribution in [0.1, 0.15) is 98.8 Å². The van der Waals surface area contributed by atoms with Gasteiger partial charge in [-0.15, -0.1) is 0 Å². The monoisotopic (exact) mass is 295 g/mol. The summed E-state index contributed by atoms with van der Waals surface area (Å²) in [5.74, 6) is 3.13. The summed E-state index contributed by atoms with van der Waals surface area (Å²) in [5, 5.41) is 0. The maximum Gasteiger partial charge on any atom is 0.198 e. The fourth-order valence-corrected chi connectivity index (χ4v) is 3.04. The van der Waals surface area contributed by atoms with Crippen molar-refractivity contribution in [1.29, 1.82) is 0 Å². The molecular formula is C20H39O. The molecular weight excluding hydrogens is 256 g/mol. The van der Waals surface area contributed by atoms with Gasteiger partial charge in [0, 0.05) is 6.42 Å². The van der Waals surface area contributed by atoms with Gasteiger partial charge in [-0.2, -0.15) is 0 Å². The predicted octanol–water partition coefficient (Wildman–Crippen LogP) is 6.56. The van der Waals surface area contributed by atoms with E-state index in [1.807, 2.05) is 6.29 Å². The van der Waals surface area contributed by atoms with Crippen LogP contribution in [0.25, 0.3) is 0 Å². The standard InChI is InChI=1S/C20H39O/c1-17(2)9-6-10-18(3)11-7-12-19(4)13-8-14-20(5)15-16-21/h17-20H,6-15H2,1-5H3. The molecule has 125 valence electrons. The number of rotatable bonds is 14. The lowest BCUT2D eigenvalue weighted by molar-refractivity contribution is 0.378. The molecule has 1 heteroatoms. The lowest BCUT2D eigenvalue weighted by Crippen LogP contribution is -2.01. The number of carbonyl (C=O) groups excluding carboxylic acids is 1. The van der Waals surface area contributed by atoms with Crippen LogP contribution in [0.4, 0.5) is 0 Å². The van der Waals surface area contributed by atoms with E-state index >= 15 is 0 Å². The van der Waals surface area contributed by atoms with Gasteiger partial charge in [0.25, 0.3) is 0 Å². The molecule has 21 heavy (non-hydrogen) atoms. The fourth-order valence-electron chi connectivity index (χ4n) is 3.04. The smallest absolute Gasteiger partial charge is 0.198 e. The van der Waals surface area contributed by atoms with Crippen LogP contribution in [0, 0.1) is 23.7 Å². The van der Waals surface area contributed by atoms with Gasteiger partial charge in [0.2, 0.25) is 0 Å². The molecule has 0 aliphatic rings. The van der Waals surface area contributed by atoms with Crippen LogP contribution in [0.5, 0.6) is 0 Å². The van der Waals surface area contributed by atoms with Gasteiger partial charge in [0.05, 0.1) is 0 Å². The zero-order chi connectivity index (χ0) is 16.1. The molecule has 0 aromatic heterocycles. The summed E-state index contributed by atoms with van der Waals surface area (Å²) < 4.78 is 0. The Hall–Kier alpha value is -0.330. The summed E-state index contributed by atoms with van der Waals surface area (Å²) in [6.45, 7) is 11.6. The normalized spacial score (nSPS) is 15.9. The molecule has 0 saturated carbocycles. The topological polar surface area (TPSA) is 17.1 Å². The van der Waals surface area contributed by atoms with E-state index in [0.29, 0.717) is 12.3 Å². The van der Waals surface area contributed by atoms with Crippen LogP contribution in [0.3, 0.4) is 0 Å². The van der Waals surface area contributed by atoms with Crippen molar-refractivity contribution >= 4 is 6.29 Å². The third-order valence-corrected chi connectivity index (χ3v) is 4.70. The summed E-state index contributed by atoms with van der Waals surface area (Å²) in [6, 6.07) is 0. The largest absolute Gasteiger partial charge is 0.291 e. The number of hydrogen-bond acceptors (Lipinski definition) is 1. The first kappa shape index (κ1) is 20.7. The third-order valence-electron chi connectivity index (χ3n) is 4.70. The van der Waals surface area contributed by atoms with Gasteiger partial charge in [-0.3, -0.25) is 4.79 Å². The van der Waals surface area contributed by atoms with Crippen molar-refractivity contribution in [2.75, 3.05) is 0 Å². The first-order valence-electron chi connectivity index (χ1n) is 9.30. The van der Waals surface area contributed by atoms with Crippen LogP contribution in [-0.2, 0) is 4.79 Å². The molecule has 0 fully saturated rings. The predicted molar refractivity (Wildman–Crippen MR) is 94.2 cm³/mol. The molecule has 0 spiro atoms. The van der Waals surface area contributed by atoms with Gasteiger partial charge in [0.1, 0.15) is 0 Å².